The van der Waals surface area contributed by atoms with Gasteiger partial charge in [-0.2, -0.15) is 0 Å². The highest BCUT2D eigenvalue weighted by atomic mass is 16.5. The van der Waals surface area contributed by atoms with Crippen LogP contribution in [0.4, 0.5) is 0 Å². The van der Waals surface area contributed by atoms with E-state index in [0.717, 1.165) is 19.3 Å². The molecule has 0 radical (unpaired) electrons. The van der Waals surface area contributed by atoms with E-state index in [1.54, 1.807) is 25.0 Å². The SMILES string of the molecule is CO[C@@]12CC[C@@H](OCC(=O)O)C[C@@H]1N(C(=O)c1cc(C)no1)CC2. The molecule has 2 aliphatic rings. The van der Waals surface area contributed by atoms with Crippen LogP contribution in [0, 0.1) is 6.92 Å². The number of aliphatic carboxylic acids is 1. The fourth-order valence-corrected chi connectivity index (χ4v) is 3.85. The van der Waals surface area contributed by atoms with Crippen molar-refractivity contribution in [2.24, 2.45) is 0 Å². The quantitative estimate of drug-likeness (QED) is 0.861. The minimum absolute atomic E-state index is 0.159. The smallest absolute Gasteiger partial charge is 0.329 e. The molecule has 1 aromatic heterocycles. The molecule has 0 bridgehead atoms. The summed E-state index contributed by atoms with van der Waals surface area (Å²) in [4.78, 5) is 25.2. The Kier molecular flexibility index (Phi) is 4.60. The van der Waals surface area contributed by atoms with Crippen LogP contribution < -0.4 is 0 Å². The molecule has 1 saturated carbocycles. The number of ether oxygens (including phenoxy) is 2. The second-order valence-corrected chi connectivity index (χ2v) is 6.47. The van der Waals surface area contributed by atoms with Crippen molar-refractivity contribution in [2.45, 2.75) is 50.4 Å². The average molecular weight is 338 g/mol. The number of carboxylic acids is 1. The van der Waals surface area contributed by atoms with Gasteiger partial charge in [0.15, 0.2) is 0 Å². The summed E-state index contributed by atoms with van der Waals surface area (Å²) in [5.74, 6) is -0.985. The van der Waals surface area contributed by atoms with Crippen molar-refractivity contribution in [1.82, 2.24) is 10.1 Å². The molecule has 1 aliphatic carbocycles. The molecule has 1 aromatic rings. The fourth-order valence-electron chi connectivity index (χ4n) is 3.85. The Morgan fingerprint density at radius 1 is 1.50 bits per heavy atom. The highest BCUT2D eigenvalue weighted by Crippen LogP contribution is 2.43. The first-order valence-electron chi connectivity index (χ1n) is 8.08. The molecule has 0 spiro atoms. The van der Waals surface area contributed by atoms with Gasteiger partial charge in [0.05, 0.1) is 23.4 Å². The molecule has 1 saturated heterocycles. The number of hydrogen-bond acceptors (Lipinski definition) is 6. The second-order valence-electron chi connectivity index (χ2n) is 6.47. The number of methoxy groups -OCH3 is 1. The number of carbonyl (C=O) groups is 2. The maximum atomic E-state index is 12.7. The Labute approximate surface area is 139 Å². The van der Waals surface area contributed by atoms with Gasteiger partial charge in [-0.3, -0.25) is 4.79 Å². The van der Waals surface area contributed by atoms with E-state index in [-0.39, 0.29) is 30.4 Å². The van der Waals surface area contributed by atoms with E-state index in [1.807, 2.05) is 0 Å². The van der Waals surface area contributed by atoms with Crippen LogP contribution in [0.5, 0.6) is 0 Å². The largest absolute Gasteiger partial charge is 0.480 e. The van der Waals surface area contributed by atoms with Crippen molar-refractivity contribution >= 4 is 11.9 Å². The number of aryl methyl sites for hydroxylation is 1. The Hall–Kier alpha value is -1.93. The molecular weight excluding hydrogens is 316 g/mol. The minimum atomic E-state index is -0.991. The molecule has 3 atom stereocenters. The predicted octanol–water partition coefficient (Wildman–Crippen LogP) is 1.24. The first-order valence-corrected chi connectivity index (χ1v) is 8.08. The highest BCUT2D eigenvalue weighted by Gasteiger charge is 2.53. The summed E-state index contributed by atoms with van der Waals surface area (Å²) in [5.41, 5.74) is 0.259. The number of rotatable bonds is 5. The summed E-state index contributed by atoms with van der Waals surface area (Å²) in [6.45, 7) is 2.01. The molecule has 1 N–H and O–H groups in total. The summed E-state index contributed by atoms with van der Waals surface area (Å²) in [5, 5.41) is 12.6. The third kappa shape index (κ3) is 3.03. The third-order valence-corrected chi connectivity index (χ3v) is 5.08. The van der Waals surface area contributed by atoms with Crippen LogP contribution in [-0.4, -0.2) is 65.0 Å². The number of amides is 1. The zero-order chi connectivity index (χ0) is 17.3. The molecule has 1 aliphatic heterocycles. The summed E-state index contributed by atoms with van der Waals surface area (Å²) < 4.78 is 16.3. The predicted molar refractivity (Wildman–Crippen MR) is 81.6 cm³/mol. The lowest BCUT2D eigenvalue weighted by atomic mass is 9.79. The molecule has 0 unspecified atom stereocenters. The number of hydrogen-bond donors (Lipinski definition) is 1. The molecule has 132 valence electrons. The molecule has 8 nitrogen and oxygen atoms in total. The van der Waals surface area contributed by atoms with Gasteiger partial charge in [0.1, 0.15) is 6.61 Å². The molecule has 2 fully saturated rings. The number of fused-ring (bicyclic) bond motifs is 1. The second kappa shape index (κ2) is 6.52. The monoisotopic (exact) mass is 338 g/mol. The van der Waals surface area contributed by atoms with E-state index < -0.39 is 11.6 Å². The first kappa shape index (κ1) is 16.9. The first-order chi connectivity index (χ1) is 11.4. The number of nitrogens with zero attached hydrogens (tertiary/aromatic N) is 2. The van der Waals surface area contributed by atoms with Gasteiger partial charge in [-0.1, -0.05) is 5.16 Å². The summed E-state index contributed by atoms with van der Waals surface area (Å²) >= 11 is 0. The molecule has 24 heavy (non-hydrogen) atoms. The van der Waals surface area contributed by atoms with Gasteiger partial charge >= 0.3 is 5.97 Å². The van der Waals surface area contributed by atoms with Gasteiger partial charge in [0.2, 0.25) is 5.76 Å². The van der Waals surface area contributed by atoms with Crippen LogP contribution in [0.15, 0.2) is 10.6 Å². The van der Waals surface area contributed by atoms with Crippen molar-refractivity contribution in [1.29, 1.82) is 0 Å². The van der Waals surface area contributed by atoms with Crippen LogP contribution in [0.3, 0.4) is 0 Å². The Morgan fingerprint density at radius 3 is 2.92 bits per heavy atom. The van der Waals surface area contributed by atoms with Crippen LogP contribution >= 0.6 is 0 Å². The minimum Gasteiger partial charge on any atom is -0.480 e. The lowest BCUT2D eigenvalue weighted by Gasteiger charge is -2.43. The van der Waals surface area contributed by atoms with Crippen molar-refractivity contribution in [2.75, 3.05) is 20.3 Å². The molecule has 3 rings (SSSR count). The Morgan fingerprint density at radius 2 is 2.29 bits per heavy atom. The Balaban J connectivity index is 1.76. The van der Waals surface area contributed by atoms with Gasteiger partial charge in [-0.05, 0) is 32.6 Å². The van der Waals surface area contributed by atoms with Gasteiger partial charge in [0.25, 0.3) is 5.91 Å². The van der Waals surface area contributed by atoms with Gasteiger partial charge in [0, 0.05) is 19.7 Å². The Bertz CT molecular complexity index is 630. The molecule has 2 heterocycles. The third-order valence-electron chi connectivity index (χ3n) is 5.08. The normalized spacial score (nSPS) is 29.5. The lowest BCUT2D eigenvalue weighted by Crippen LogP contribution is -2.53. The zero-order valence-electron chi connectivity index (χ0n) is 13.9. The standard InChI is InChI=1S/C16H22N2O6/c1-10-7-12(24-17-10)15(21)18-6-5-16(22-2)4-3-11(8-13(16)18)23-9-14(19)20/h7,11,13H,3-6,8-9H2,1-2H3,(H,19,20)/t11-,13+,16-/m1/s1. The topological polar surface area (TPSA) is 102 Å². The summed E-state index contributed by atoms with van der Waals surface area (Å²) in [6.07, 6.45) is 2.57. The summed E-state index contributed by atoms with van der Waals surface area (Å²) in [7, 11) is 1.66. The van der Waals surface area contributed by atoms with Crippen LogP contribution in [0.2, 0.25) is 0 Å². The van der Waals surface area contributed by atoms with Crippen LogP contribution in [0.1, 0.15) is 41.9 Å². The van der Waals surface area contributed by atoms with E-state index in [4.69, 9.17) is 19.1 Å². The van der Waals surface area contributed by atoms with E-state index in [1.165, 1.54) is 0 Å². The lowest BCUT2D eigenvalue weighted by molar-refractivity contribution is -0.148. The van der Waals surface area contributed by atoms with Crippen LogP contribution in [-0.2, 0) is 14.3 Å². The highest BCUT2D eigenvalue weighted by molar-refractivity contribution is 5.92. The number of carbonyl (C=O) groups excluding carboxylic acids is 1. The number of carboxylic acid groups (broad SMARTS) is 1. The van der Waals surface area contributed by atoms with Gasteiger partial charge < -0.3 is 24.0 Å². The summed E-state index contributed by atoms with van der Waals surface area (Å²) in [6, 6.07) is 1.46. The van der Waals surface area contributed by atoms with E-state index >= 15 is 0 Å². The van der Waals surface area contributed by atoms with Crippen LogP contribution in [0.25, 0.3) is 0 Å². The van der Waals surface area contributed by atoms with E-state index in [0.29, 0.717) is 18.7 Å². The van der Waals surface area contributed by atoms with Crippen molar-refractivity contribution in [3.63, 3.8) is 0 Å². The van der Waals surface area contributed by atoms with E-state index in [2.05, 4.69) is 5.16 Å². The maximum Gasteiger partial charge on any atom is 0.329 e. The molecule has 8 heteroatoms. The van der Waals surface area contributed by atoms with Crippen molar-refractivity contribution in [3.8, 4) is 0 Å². The number of aromatic nitrogens is 1. The molecule has 0 aromatic carbocycles. The number of likely N-dealkylation sites (tertiary alicyclic amines) is 1. The van der Waals surface area contributed by atoms with E-state index in [9.17, 15) is 9.59 Å². The maximum absolute atomic E-state index is 12.7. The van der Waals surface area contributed by atoms with Gasteiger partial charge in [-0.25, -0.2) is 4.79 Å². The fraction of sp³-hybridized carbons (Fsp3) is 0.688. The molecule has 1 amide bonds. The van der Waals surface area contributed by atoms with Crippen molar-refractivity contribution < 1.29 is 28.7 Å². The molecular formula is C16H22N2O6. The van der Waals surface area contributed by atoms with Crippen molar-refractivity contribution in [3.05, 3.63) is 17.5 Å². The zero-order valence-corrected chi connectivity index (χ0v) is 13.9. The van der Waals surface area contributed by atoms with Gasteiger partial charge in [-0.15, -0.1) is 0 Å². The average Bonchev–Trinajstić information content (AvgIpc) is 3.16.